The number of fused-ring (bicyclic) bond motifs is 1. The third-order valence-corrected chi connectivity index (χ3v) is 4.79. The van der Waals surface area contributed by atoms with Gasteiger partial charge in [0.05, 0.1) is 0 Å². The zero-order valence-corrected chi connectivity index (χ0v) is 12.8. The van der Waals surface area contributed by atoms with E-state index in [1.165, 1.54) is 0 Å². The van der Waals surface area contributed by atoms with E-state index in [0.717, 1.165) is 5.56 Å². The Balaban J connectivity index is 1.73. The number of carbonyl (C=O) groups excluding carboxylic acids is 3. The number of amides is 1. The molecule has 2 saturated heterocycles. The van der Waals surface area contributed by atoms with Gasteiger partial charge in [-0.15, -0.1) is 0 Å². The van der Waals surface area contributed by atoms with E-state index >= 15 is 0 Å². The van der Waals surface area contributed by atoms with Crippen molar-refractivity contribution in [2.75, 3.05) is 13.2 Å². The van der Waals surface area contributed by atoms with E-state index in [-0.39, 0.29) is 18.2 Å². The standard InChI is InChI=1S/C17H20N2O4/c18-16(22)17-14(21)10-23-15(17)12(8-9-19-17)13(20)7-6-11-4-2-1-3-5-11/h1-5,12,15,19H,6-10H2,(H2,18,22). The lowest BCUT2D eigenvalue weighted by Gasteiger charge is -2.39. The van der Waals surface area contributed by atoms with Crippen LogP contribution < -0.4 is 11.1 Å². The smallest absolute Gasteiger partial charge is 0.248 e. The number of primary amides is 1. The predicted molar refractivity (Wildman–Crippen MR) is 82.6 cm³/mol. The van der Waals surface area contributed by atoms with Crippen LogP contribution in [-0.4, -0.2) is 42.3 Å². The number of nitrogens with one attached hydrogen (secondary N) is 1. The Kier molecular flexibility index (Phi) is 4.28. The highest BCUT2D eigenvalue weighted by atomic mass is 16.5. The lowest BCUT2D eigenvalue weighted by atomic mass is 9.75. The van der Waals surface area contributed by atoms with Crippen LogP contribution in [0.4, 0.5) is 0 Å². The topological polar surface area (TPSA) is 98.5 Å². The molecule has 2 fully saturated rings. The average Bonchev–Trinajstić information content (AvgIpc) is 2.92. The monoisotopic (exact) mass is 316 g/mol. The van der Waals surface area contributed by atoms with Gasteiger partial charge in [0.1, 0.15) is 18.5 Å². The summed E-state index contributed by atoms with van der Waals surface area (Å²) in [5.74, 6) is -1.60. The molecule has 2 aliphatic rings. The Morgan fingerprint density at radius 1 is 1.30 bits per heavy atom. The summed E-state index contributed by atoms with van der Waals surface area (Å²) in [7, 11) is 0. The van der Waals surface area contributed by atoms with Gasteiger partial charge in [-0.25, -0.2) is 0 Å². The molecule has 2 aliphatic heterocycles. The normalized spacial score (nSPS) is 30.0. The second kappa shape index (κ2) is 6.22. The summed E-state index contributed by atoms with van der Waals surface area (Å²) in [4.78, 5) is 36.6. The largest absolute Gasteiger partial charge is 0.368 e. The van der Waals surface area contributed by atoms with Crippen molar-refractivity contribution in [1.29, 1.82) is 0 Å². The Hall–Kier alpha value is -2.05. The van der Waals surface area contributed by atoms with Crippen molar-refractivity contribution in [3.8, 4) is 0 Å². The van der Waals surface area contributed by atoms with Crippen LogP contribution in [0.2, 0.25) is 0 Å². The summed E-state index contributed by atoms with van der Waals surface area (Å²) in [6.07, 6.45) is 0.746. The third-order valence-electron chi connectivity index (χ3n) is 4.79. The fourth-order valence-corrected chi connectivity index (χ4v) is 3.55. The van der Waals surface area contributed by atoms with E-state index in [9.17, 15) is 14.4 Å². The van der Waals surface area contributed by atoms with E-state index < -0.39 is 23.5 Å². The number of carbonyl (C=O) groups is 3. The molecule has 1 amide bonds. The zero-order chi connectivity index (χ0) is 16.4. The second-order valence-electron chi connectivity index (χ2n) is 6.10. The molecule has 122 valence electrons. The van der Waals surface area contributed by atoms with Crippen molar-refractivity contribution in [3.63, 3.8) is 0 Å². The fourth-order valence-electron chi connectivity index (χ4n) is 3.55. The van der Waals surface area contributed by atoms with Gasteiger partial charge in [0, 0.05) is 12.3 Å². The highest BCUT2D eigenvalue weighted by Crippen LogP contribution is 2.35. The lowest BCUT2D eigenvalue weighted by molar-refractivity contribution is -0.140. The SMILES string of the molecule is NC(=O)C12NCCC(C(=O)CCc3ccccc3)C1OCC2=O. The highest BCUT2D eigenvalue weighted by molar-refractivity contribution is 6.13. The molecule has 3 unspecified atom stereocenters. The van der Waals surface area contributed by atoms with E-state index in [1.807, 2.05) is 30.3 Å². The minimum absolute atomic E-state index is 0.0145. The molecule has 2 heterocycles. The van der Waals surface area contributed by atoms with Gasteiger partial charge in [0.2, 0.25) is 5.91 Å². The Morgan fingerprint density at radius 3 is 2.74 bits per heavy atom. The maximum Gasteiger partial charge on any atom is 0.248 e. The summed E-state index contributed by atoms with van der Waals surface area (Å²) in [6, 6.07) is 9.73. The van der Waals surface area contributed by atoms with Crippen LogP contribution in [0.15, 0.2) is 30.3 Å². The minimum atomic E-state index is -1.54. The van der Waals surface area contributed by atoms with Crippen molar-refractivity contribution in [3.05, 3.63) is 35.9 Å². The van der Waals surface area contributed by atoms with Gasteiger partial charge in [-0.1, -0.05) is 30.3 Å². The summed E-state index contributed by atoms with van der Waals surface area (Å²) < 4.78 is 5.49. The molecule has 3 atom stereocenters. The first-order valence-electron chi connectivity index (χ1n) is 7.82. The molecular weight excluding hydrogens is 296 g/mol. The summed E-state index contributed by atoms with van der Waals surface area (Å²) in [5, 5.41) is 2.90. The minimum Gasteiger partial charge on any atom is -0.368 e. The van der Waals surface area contributed by atoms with Gasteiger partial charge in [0.15, 0.2) is 11.3 Å². The number of Topliss-reactive ketones (excluding diaryl/α,β-unsaturated/α-hetero) is 2. The molecule has 0 saturated carbocycles. The number of piperidine rings is 1. The van der Waals surface area contributed by atoms with E-state index in [4.69, 9.17) is 10.5 Å². The fraction of sp³-hybridized carbons (Fsp3) is 0.471. The third kappa shape index (κ3) is 2.68. The van der Waals surface area contributed by atoms with Gasteiger partial charge in [-0.3, -0.25) is 19.7 Å². The lowest BCUT2D eigenvalue weighted by Crippen LogP contribution is -2.70. The van der Waals surface area contributed by atoms with Crippen LogP contribution >= 0.6 is 0 Å². The number of aryl methyl sites for hydroxylation is 1. The first-order valence-corrected chi connectivity index (χ1v) is 7.82. The molecule has 0 aromatic heterocycles. The van der Waals surface area contributed by atoms with Gasteiger partial charge in [0.25, 0.3) is 0 Å². The summed E-state index contributed by atoms with van der Waals surface area (Å²) >= 11 is 0. The first-order chi connectivity index (χ1) is 11.1. The molecule has 3 rings (SSSR count). The number of rotatable bonds is 5. The highest BCUT2D eigenvalue weighted by Gasteiger charge is 2.61. The molecule has 0 spiro atoms. The second-order valence-corrected chi connectivity index (χ2v) is 6.10. The van der Waals surface area contributed by atoms with Gasteiger partial charge < -0.3 is 10.5 Å². The molecule has 0 radical (unpaired) electrons. The maximum absolute atomic E-state index is 12.6. The Morgan fingerprint density at radius 2 is 2.04 bits per heavy atom. The quantitative estimate of drug-likeness (QED) is 0.745. The predicted octanol–water partition coefficient (Wildman–Crippen LogP) is -0.0102. The molecular formula is C17H20N2O4. The van der Waals surface area contributed by atoms with Crippen LogP contribution in [0.1, 0.15) is 18.4 Å². The number of benzene rings is 1. The van der Waals surface area contributed by atoms with Gasteiger partial charge >= 0.3 is 0 Å². The molecule has 1 aromatic rings. The van der Waals surface area contributed by atoms with E-state index in [2.05, 4.69) is 5.32 Å². The molecule has 3 N–H and O–H groups in total. The van der Waals surface area contributed by atoms with E-state index in [0.29, 0.717) is 25.8 Å². The first kappa shape index (κ1) is 15.8. The molecule has 0 bridgehead atoms. The molecule has 0 aliphatic carbocycles. The molecule has 1 aromatic carbocycles. The van der Waals surface area contributed by atoms with Crippen molar-refractivity contribution < 1.29 is 19.1 Å². The van der Waals surface area contributed by atoms with Crippen molar-refractivity contribution >= 4 is 17.5 Å². The zero-order valence-electron chi connectivity index (χ0n) is 12.8. The molecule has 6 nitrogen and oxygen atoms in total. The summed E-state index contributed by atoms with van der Waals surface area (Å²) in [6.45, 7) is 0.222. The van der Waals surface area contributed by atoms with Crippen LogP contribution in [-0.2, 0) is 25.5 Å². The summed E-state index contributed by atoms with van der Waals surface area (Å²) in [5.41, 5.74) is 4.99. The Labute approximate surface area is 134 Å². The number of nitrogens with two attached hydrogens (primary N) is 1. The van der Waals surface area contributed by atoms with Gasteiger partial charge in [-0.05, 0) is 24.9 Å². The van der Waals surface area contributed by atoms with Gasteiger partial charge in [-0.2, -0.15) is 0 Å². The molecule has 6 heteroatoms. The van der Waals surface area contributed by atoms with Crippen molar-refractivity contribution in [1.82, 2.24) is 5.32 Å². The van der Waals surface area contributed by atoms with Crippen LogP contribution in [0, 0.1) is 5.92 Å². The number of ether oxygens (including phenoxy) is 1. The molecule has 23 heavy (non-hydrogen) atoms. The number of hydrogen-bond acceptors (Lipinski definition) is 5. The van der Waals surface area contributed by atoms with Crippen LogP contribution in [0.3, 0.4) is 0 Å². The number of ketones is 2. The number of hydrogen-bond donors (Lipinski definition) is 2. The maximum atomic E-state index is 12.6. The van der Waals surface area contributed by atoms with E-state index in [1.54, 1.807) is 0 Å². The Bertz CT molecular complexity index is 631. The van der Waals surface area contributed by atoms with Crippen molar-refractivity contribution in [2.45, 2.75) is 30.9 Å². The van der Waals surface area contributed by atoms with Crippen LogP contribution in [0.5, 0.6) is 0 Å². The van der Waals surface area contributed by atoms with Crippen LogP contribution in [0.25, 0.3) is 0 Å². The van der Waals surface area contributed by atoms with Crippen molar-refractivity contribution in [2.24, 2.45) is 11.7 Å². The average molecular weight is 316 g/mol.